The van der Waals surface area contributed by atoms with Gasteiger partial charge in [-0.2, -0.15) is 0 Å². The zero-order chi connectivity index (χ0) is 23.4. The van der Waals surface area contributed by atoms with Gasteiger partial charge in [0.05, 0.1) is 30.4 Å². The zero-order valence-electron chi connectivity index (χ0n) is 18.2. The molecule has 1 aliphatic heterocycles. The van der Waals surface area contributed by atoms with Crippen molar-refractivity contribution in [3.63, 3.8) is 0 Å². The molecule has 0 saturated carbocycles. The number of hydrogen-bond acceptors (Lipinski definition) is 8. The number of benzene rings is 1. The number of alkyl halides is 2. The first-order chi connectivity index (χ1) is 16.0. The highest BCUT2D eigenvalue weighted by atomic mass is 19.3. The molecule has 1 aliphatic rings. The maximum atomic E-state index is 12.8. The molecule has 1 N–H and O–H groups in total. The summed E-state index contributed by atoms with van der Waals surface area (Å²) in [5.74, 6) is 0.121. The van der Waals surface area contributed by atoms with Crippen LogP contribution in [0.25, 0.3) is 5.69 Å². The van der Waals surface area contributed by atoms with E-state index >= 15 is 0 Å². The molecule has 174 valence electrons. The number of hydrogen-bond donors (Lipinski definition) is 1. The molecule has 0 amide bonds. The van der Waals surface area contributed by atoms with E-state index in [4.69, 9.17) is 9.47 Å². The first-order valence-corrected chi connectivity index (χ1v) is 10.4. The van der Waals surface area contributed by atoms with E-state index in [1.54, 1.807) is 36.0 Å². The van der Waals surface area contributed by atoms with Crippen LogP contribution in [0.15, 0.2) is 42.6 Å². The molecule has 0 aliphatic carbocycles. The fraction of sp³-hybridized carbons (Fsp3) is 0.364. The molecule has 9 nitrogen and oxygen atoms in total. The smallest absolute Gasteiger partial charge is 0.324 e. The number of nitrogens with zero attached hydrogens (tertiary/aromatic N) is 5. The van der Waals surface area contributed by atoms with Crippen LogP contribution in [0.1, 0.15) is 23.4 Å². The predicted octanol–water partition coefficient (Wildman–Crippen LogP) is 2.44. The number of ether oxygens (including phenoxy) is 2. The molecular weight excluding hydrogens is 434 g/mol. The van der Waals surface area contributed by atoms with E-state index in [1.807, 2.05) is 6.07 Å². The van der Waals surface area contributed by atoms with Crippen LogP contribution in [0.3, 0.4) is 0 Å². The zero-order valence-corrected chi connectivity index (χ0v) is 18.2. The lowest BCUT2D eigenvalue weighted by Gasteiger charge is -2.33. The summed E-state index contributed by atoms with van der Waals surface area (Å²) in [5, 5.41) is 11.3. The standard InChI is InChI=1S/C22H24F2N6O3/c1-14-19(30(28-27-14)16-5-3-15(4-6-16)21(23)24)13-33-20-8-7-17(11-26-20)29-10-9-25-18(12-29)22(31)32-2/h3-8,11,18,21,25H,9-10,12-13H2,1-2H3/t18-/m0/s1. The van der Waals surface area contributed by atoms with Crippen LogP contribution < -0.4 is 15.0 Å². The van der Waals surface area contributed by atoms with Crippen molar-refractivity contribution in [3.8, 4) is 11.6 Å². The first-order valence-electron chi connectivity index (χ1n) is 10.4. The van der Waals surface area contributed by atoms with Gasteiger partial charge in [0.2, 0.25) is 5.88 Å². The fourth-order valence-electron chi connectivity index (χ4n) is 3.58. The molecule has 2 aromatic heterocycles. The third-order valence-corrected chi connectivity index (χ3v) is 5.45. The Morgan fingerprint density at radius 3 is 2.64 bits per heavy atom. The van der Waals surface area contributed by atoms with E-state index in [9.17, 15) is 13.6 Å². The molecule has 3 heterocycles. The number of nitrogens with one attached hydrogen (secondary N) is 1. The van der Waals surface area contributed by atoms with Crippen LogP contribution in [0, 0.1) is 6.92 Å². The van der Waals surface area contributed by atoms with Gasteiger partial charge in [-0.3, -0.25) is 4.79 Å². The second-order valence-corrected chi connectivity index (χ2v) is 7.54. The summed E-state index contributed by atoms with van der Waals surface area (Å²) in [7, 11) is 1.37. The van der Waals surface area contributed by atoms with E-state index in [0.29, 0.717) is 36.0 Å². The third kappa shape index (κ3) is 5.08. The highest BCUT2D eigenvalue weighted by Crippen LogP contribution is 2.22. The van der Waals surface area contributed by atoms with Crippen molar-refractivity contribution in [2.75, 3.05) is 31.6 Å². The lowest BCUT2D eigenvalue weighted by atomic mass is 10.2. The van der Waals surface area contributed by atoms with Crippen molar-refractivity contribution >= 4 is 11.7 Å². The van der Waals surface area contributed by atoms with Crippen LogP contribution in [0.2, 0.25) is 0 Å². The van der Waals surface area contributed by atoms with Gasteiger partial charge in [0.25, 0.3) is 6.43 Å². The lowest BCUT2D eigenvalue weighted by molar-refractivity contribution is -0.143. The Kier molecular flexibility index (Phi) is 6.78. The molecule has 11 heteroatoms. The summed E-state index contributed by atoms with van der Waals surface area (Å²) in [6.07, 6.45) is -0.832. The van der Waals surface area contributed by atoms with Crippen molar-refractivity contribution in [1.82, 2.24) is 25.3 Å². The van der Waals surface area contributed by atoms with Crippen LogP contribution in [-0.2, 0) is 16.1 Å². The largest absolute Gasteiger partial charge is 0.471 e. The Morgan fingerprint density at radius 1 is 1.21 bits per heavy atom. The number of esters is 1. The van der Waals surface area contributed by atoms with Crippen LogP contribution >= 0.6 is 0 Å². The van der Waals surface area contributed by atoms with Crippen molar-refractivity contribution in [1.29, 1.82) is 0 Å². The van der Waals surface area contributed by atoms with Crippen molar-refractivity contribution in [3.05, 3.63) is 59.5 Å². The summed E-state index contributed by atoms with van der Waals surface area (Å²) in [6, 6.07) is 9.12. The molecule has 1 aromatic carbocycles. The molecule has 1 fully saturated rings. The van der Waals surface area contributed by atoms with Crippen LogP contribution in [0.5, 0.6) is 5.88 Å². The van der Waals surface area contributed by atoms with Crippen molar-refractivity contribution in [2.24, 2.45) is 0 Å². The van der Waals surface area contributed by atoms with Gasteiger partial charge in [-0.1, -0.05) is 17.3 Å². The molecule has 0 bridgehead atoms. The van der Waals surface area contributed by atoms with Crippen LogP contribution in [-0.4, -0.2) is 58.7 Å². The Labute approximate surface area is 189 Å². The average Bonchev–Trinajstić information content (AvgIpc) is 3.22. The van der Waals surface area contributed by atoms with Gasteiger partial charge >= 0.3 is 5.97 Å². The minimum atomic E-state index is -2.53. The van der Waals surface area contributed by atoms with Gasteiger partial charge in [0, 0.05) is 31.3 Å². The molecule has 0 spiro atoms. The maximum absolute atomic E-state index is 12.8. The predicted molar refractivity (Wildman–Crippen MR) is 116 cm³/mol. The van der Waals surface area contributed by atoms with E-state index in [0.717, 1.165) is 12.2 Å². The highest BCUT2D eigenvalue weighted by molar-refractivity contribution is 5.77. The van der Waals surface area contributed by atoms with Gasteiger partial charge in [0.1, 0.15) is 18.3 Å². The molecule has 0 radical (unpaired) electrons. The Hall–Kier alpha value is -3.60. The average molecular weight is 458 g/mol. The molecule has 1 atom stereocenters. The quantitative estimate of drug-likeness (QED) is 0.540. The SMILES string of the molecule is COC(=O)[C@@H]1CN(c2ccc(OCc3c(C)nnn3-c3ccc(C(F)F)cc3)nc2)CCN1. The Balaban J connectivity index is 1.42. The van der Waals surface area contributed by atoms with Gasteiger partial charge in [-0.05, 0) is 25.1 Å². The molecule has 3 aromatic rings. The summed E-state index contributed by atoms with van der Waals surface area (Å²) < 4.78 is 37.9. The number of piperazine rings is 1. The molecular formula is C22H24F2N6O3. The molecule has 0 unspecified atom stereocenters. The summed E-state index contributed by atoms with van der Waals surface area (Å²) in [6.45, 7) is 3.84. The monoisotopic (exact) mass is 458 g/mol. The minimum absolute atomic E-state index is 0.0555. The number of anilines is 1. The minimum Gasteiger partial charge on any atom is -0.471 e. The normalized spacial score (nSPS) is 16.2. The van der Waals surface area contributed by atoms with Gasteiger partial charge in [0.15, 0.2) is 0 Å². The molecule has 33 heavy (non-hydrogen) atoms. The van der Waals surface area contributed by atoms with E-state index in [-0.39, 0.29) is 24.2 Å². The van der Waals surface area contributed by atoms with Crippen molar-refractivity contribution < 1.29 is 23.0 Å². The number of aromatic nitrogens is 4. The second-order valence-electron chi connectivity index (χ2n) is 7.54. The van der Waals surface area contributed by atoms with Crippen LogP contribution in [0.4, 0.5) is 14.5 Å². The number of carbonyl (C=O) groups is 1. The van der Waals surface area contributed by atoms with Crippen molar-refractivity contribution in [2.45, 2.75) is 26.0 Å². The van der Waals surface area contributed by atoms with Gasteiger partial charge in [-0.25, -0.2) is 18.4 Å². The number of rotatable bonds is 7. The van der Waals surface area contributed by atoms with E-state index in [2.05, 4.69) is 25.5 Å². The molecule has 1 saturated heterocycles. The van der Waals surface area contributed by atoms with Gasteiger partial charge in [-0.15, -0.1) is 5.10 Å². The Morgan fingerprint density at radius 2 is 1.97 bits per heavy atom. The summed E-state index contributed by atoms with van der Waals surface area (Å²) >= 11 is 0. The number of methoxy groups -OCH3 is 1. The highest BCUT2D eigenvalue weighted by Gasteiger charge is 2.26. The van der Waals surface area contributed by atoms with E-state index in [1.165, 1.54) is 19.2 Å². The number of halogens is 2. The topological polar surface area (TPSA) is 94.4 Å². The fourth-order valence-corrected chi connectivity index (χ4v) is 3.58. The number of aryl methyl sites for hydroxylation is 1. The first kappa shape index (κ1) is 22.6. The number of pyridine rings is 1. The Bertz CT molecular complexity index is 1090. The second kappa shape index (κ2) is 9.90. The van der Waals surface area contributed by atoms with Gasteiger partial charge < -0.3 is 19.7 Å². The number of carbonyl (C=O) groups excluding carboxylic acids is 1. The summed E-state index contributed by atoms with van der Waals surface area (Å²) in [5.41, 5.74) is 2.79. The summed E-state index contributed by atoms with van der Waals surface area (Å²) in [4.78, 5) is 18.2. The molecule has 4 rings (SSSR count). The maximum Gasteiger partial charge on any atom is 0.324 e. The van der Waals surface area contributed by atoms with E-state index < -0.39 is 6.43 Å². The third-order valence-electron chi connectivity index (χ3n) is 5.45. The lowest BCUT2D eigenvalue weighted by Crippen LogP contribution is -2.54.